The van der Waals surface area contributed by atoms with Crippen LogP contribution in [0.4, 0.5) is 0 Å². The number of carbonyl (C=O) groups is 1. The minimum atomic E-state index is -0.0288. The Kier molecular flexibility index (Phi) is 4.22. The summed E-state index contributed by atoms with van der Waals surface area (Å²) >= 11 is 6.55. The predicted molar refractivity (Wildman–Crippen MR) is 92.1 cm³/mol. The summed E-state index contributed by atoms with van der Waals surface area (Å²) in [5, 5.41) is 0. The average Bonchev–Trinajstić information content (AvgIpc) is 2.80. The Bertz CT molecular complexity index is 709. The molecule has 4 nitrogen and oxygen atoms in total. The van der Waals surface area contributed by atoms with E-state index in [4.69, 9.17) is 21.7 Å². The first-order chi connectivity index (χ1) is 10.6. The van der Waals surface area contributed by atoms with Crippen molar-refractivity contribution in [2.45, 2.75) is 6.92 Å². The Balaban J connectivity index is 1.87. The van der Waals surface area contributed by atoms with Crippen LogP contribution in [0.5, 0.6) is 11.5 Å². The van der Waals surface area contributed by atoms with Gasteiger partial charge in [0.05, 0.1) is 12.0 Å². The first kappa shape index (κ1) is 15.1. The lowest BCUT2D eigenvalue weighted by atomic mass is 10.1. The number of methoxy groups -OCH3 is 1. The highest BCUT2D eigenvalue weighted by Gasteiger charge is 2.31. The van der Waals surface area contributed by atoms with Crippen LogP contribution in [0, 0.1) is 0 Å². The van der Waals surface area contributed by atoms with Gasteiger partial charge in [-0.05, 0) is 36.8 Å². The third-order valence-electron chi connectivity index (χ3n) is 3.46. The van der Waals surface area contributed by atoms with E-state index in [-0.39, 0.29) is 5.91 Å². The van der Waals surface area contributed by atoms with Gasteiger partial charge < -0.3 is 9.47 Å². The Labute approximate surface area is 138 Å². The largest absolute Gasteiger partial charge is 0.497 e. The molecule has 2 aliphatic rings. The van der Waals surface area contributed by atoms with Crippen LogP contribution in [0.25, 0.3) is 6.08 Å². The van der Waals surface area contributed by atoms with Crippen LogP contribution in [0.15, 0.2) is 34.8 Å². The lowest BCUT2D eigenvalue weighted by Gasteiger charge is -2.17. The van der Waals surface area contributed by atoms with Crippen molar-refractivity contribution in [2.24, 2.45) is 0 Å². The van der Waals surface area contributed by atoms with Gasteiger partial charge >= 0.3 is 0 Å². The van der Waals surface area contributed by atoms with E-state index in [1.54, 1.807) is 12.0 Å². The van der Waals surface area contributed by atoms with E-state index >= 15 is 0 Å². The number of ether oxygens (including phenoxy) is 2. The van der Waals surface area contributed by atoms with E-state index in [0.29, 0.717) is 22.4 Å². The average molecular weight is 333 g/mol. The van der Waals surface area contributed by atoms with Crippen molar-refractivity contribution >= 4 is 40.3 Å². The van der Waals surface area contributed by atoms with Crippen LogP contribution in [-0.2, 0) is 4.79 Å². The topological polar surface area (TPSA) is 38.8 Å². The zero-order valence-electron chi connectivity index (χ0n) is 12.3. The number of carbonyl (C=O) groups excluding carboxylic acids is 1. The second-order valence-electron chi connectivity index (χ2n) is 4.84. The molecule has 2 aliphatic heterocycles. The molecular weight excluding hydrogens is 318 g/mol. The Morgan fingerprint density at radius 3 is 3.00 bits per heavy atom. The molecule has 22 heavy (non-hydrogen) atoms. The number of hydrogen-bond acceptors (Lipinski definition) is 5. The summed E-state index contributed by atoms with van der Waals surface area (Å²) in [6, 6.07) is 5.69. The number of hydrogen-bond donors (Lipinski definition) is 0. The standard InChI is InChI=1S/C16H15NO3S2/c1-3-17-15(18)14(22-16(17)21)7-10-6-11-4-5-12(19-2)8-13(11)20-9-10/h4-8H,3,9H2,1-2H3/b14-7-. The lowest BCUT2D eigenvalue weighted by molar-refractivity contribution is -0.122. The molecule has 1 amide bonds. The molecule has 1 aromatic carbocycles. The molecule has 0 unspecified atom stereocenters. The highest BCUT2D eigenvalue weighted by Crippen LogP contribution is 2.34. The number of benzene rings is 1. The molecule has 0 aromatic heterocycles. The molecule has 0 radical (unpaired) electrons. The van der Waals surface area contributed by atoms with Gasteiger partial charge in [0, 0.05) is 18.2 Å². The summed E-state index contributed by atoms with van der Waals surface area (Å²) in [5.41, 5.74) is 1.93. The SMILES string of the molecule is CCN1C(=O)/C(=C/C2=Cc3ccc(OC)cc3OC2)SC1=S. The number of likely N-dealkylation sites (N-methyl/N-ethyl adjacent to an activating group) is 1. The van der Waals surface area contributed by atoms with Crippen molar-refractivity contribution in [2.75, 3.05) is 20.3 Å². The van der Waals surface area contributed by atoms with Gasteiger partial charge in [0.15, 0.2) is 0 Å². The van der Waals surface area contributed by atoms with Crippen LogP contribution in [0.1, 0.15) is 12.5 Å². The second kappa shape index (κ2) is 6.14. The third kappa shape index (κ3) is 2.76. The van der Waals surface area contributed by atoms with Crippen LogP contribution >= 0.6 is 24.0 Å². The molecule has 114 valence electrons. The molecule has 2 heterocycles. The normalized spacial score (nSPS) is 19.1. The van der Waals surface area contributed by atoms with Gasteiger partial charge in [0.25, 0.3) is 5.91 Å². The monoisotopic (exact) mass is 333 g/mol. The van der Waals surface area contributed by atoms with Crippen molar-refractivity contribution in [3.8, 4) is 11.5 Å². The van der Waals surface area contributed by atoms with Gasteiger partial charge in [-0.1, -0.05) is 24.0 Å². The molecule has 6 heteroatoms. The van der Waals surface area contributed by atoms with E-state index in [9.17, 15) is 4.79 Å². The first-order valence-corrected chi connectivity index (χ1v) is 8.11. The summed E-state index contributed by atoms with van der Waals surface area (Å²) in [7, 11) is 1.63. The number of fused-ring (bicyclic) bond motifs is 1. The third-order valence-corrected chi connectivity index (χ3v) is 4.84. The van der Waals surface area contributed by atoms with Crippen molar-refractivity contribution in [1.82, 2.24) is 4.90 Å². The molecule has 0 bridgehead atoms. The number of amides is 1. The molecular formula is C16H15NO3S2. The number of thiocarbonyl (C=S) groups is 1. The van der Waals surface area contributed by atoms with E-state index in [2.05, 4.69) is 0 Å². The van der Waals surface area contributed by atoms with Gasteiger partial charge in [-0.25, -0.2) is 0 Å². The molecule has 0 atom stereocenters. The summed E-state index contributed by atoms with van der Waals surface area (Å²) in [6.07, 6.45) is 3.89. The predicted octanol–water partition coefficient (Wildman–Crippen LogP) is 3.24. The second-order valence-corrected chi connectivity index (χ2v) is 6.51. The quantitative estimate of drug-likeness (QED) is 0.627. The summed E-state index contributed by atoms with van der Waals surface area (Å²) in [4.78, 5) is 14.5. The van der Waals surface area contributed by atoms with Crippen molar-refractivity contribution in [1.29, 1.82) is 0 Å². The van der Waals surface area contributed by atoms with Gasteiger partial charge in [-0.3, -0.25) is 9.69 Å². The highest BCUT2D eigenvalue weighted by atomic mass is 32.2. The fourth-order valence-electron chi connectivity index (χ4n) is 2.31. The Morgan fingerprint density at radius 2 is 2.32 bits per heavy atom. The summed E-state index contributed by atoms with van der Waals surface area (Å²) in [6.45, 7) is 2.94. The smallest absolute Gasteiger partial charge is 0.266 e. The highest BCUT2D eigenvalue weighted by molar-refractivity contribution is 8.26. The Morgan fingerprint density at radius 1 is 1.50 bits per heavy atom. The number of nitrogens with zero attached hydrogens (tertiary/aromatic N) is 1. The maximum absolute atomic E-state index is 12.2. The molecule has 0 aliphatic carbocycles. The molecule has 0 spiro atoms. The van der Waals surface area contributed by atoms with Crippen molar-refractivity contribution < 1.29 is 14.3 Å². The van der Waals surface area contributed by atoms with Gasteiger partial charge in [0.1, 0.15) is 22.4 Å². The van der Waals surface area contributed by atoms with E-state index in [1.807, 2.05) is 37.3 Å². The fraction of sp³-hybridized carbons (Fsp3) is 0.250. The van der Waals surface area contributed by atoms with Gasteiger partial charge in [-0.15, -0.1) is 0 Å². The van der Waals surface area contributed by atoms with Crippen molar-refractivity contribution in [3.63, 3.8) is 0 Å². The van der Waals surface area contributed by atoms with E-state index in [0.717, 1.165) is 22.6 Å². The zero-order chi connectivity index (χ0) is 15.7. The maximum atomic E-state index is 12.2. The van der Waals surface area contributed by atoms with Crippen LogP contribution in [-0.4, -0.2) is 35.4 Å². The maximum Gasteiger partial charge on any atom is 0.266 e. The number of rotatable bonds is 3. The first-order valence-electron chi connectivity index (χ1n) is 6.89. The zero-order valence-corrected chi connectivity index (χ0v) is 13.9. The van der Waals surface area contributed by atoms with E-state index in [1.165, 1.54) is 11.8 Å². The molecule has 0 N–H and O–H groups in total. The van der Waals surface area contributed by atoms with E-state index < -0.39 is 0 Å². The molecule has 1 aromatic rings. The summed E-state index contributed by atoms with van der Waals surface area (Å²) < 4.78 is 11.5. The Hall–Kier alpha value is -1.79. The van der Waals surface area contributed by atoms with Gasteiger partial charge in [0.2, 0.25) is 0 Å². The molecule has 1 saturated heterocycles. The fourth-order valence-corrected chi connectivity index (χ4v) is 3.71. The van der Waals surface area contributed by atoms with Crippen LogP contribution < -0.4 is 9.47 Å². The van der Waals surface area contributed by atoms with Gasteiger partial charge in [-0.2, -0.15) is 0 Å². The number of thioether (sulfide) groups is 1. The summed E-state index contributed by atoms with van der Waals surface area (Å²) in [5.74, 6) is 1.52. The van der Waals surface area contributed by atoms with Crippen molar-refractivity contribution in [3.05, 3.63) is 40.3 Å². The lowest BCUT2D eigenvalue weighted by Crippen LogP contribution is -2.27. The van der Waals surface area contributed by atoms with Crippen LogP contribution in [0.3, 0.4) is 0 Å². The van der Waals surface area contributed by atoms with Crippen LogP contribution in [0.2, 0.25) is 0 Å². The minimum absolute atomic E-state index is 0.0288. The molecule has 3 rings (SSSR count). The molecule has 0 saturated carbocycles. The molecule has 1 fully saturated rings. The minimum Gasteiger partial charge on any atom is -0.497 e.